The Morgan fingerprint density at radius 3 is 2.75 bits per heavy atom. The van der Waals surface area contributed by atoms with Gasteiger partial charge in [-0.1, -0.05) is 0 Å². The molecule has 7 heteroatoms. The zero-order valence-corrected chi connectivity index (χ0v) is 12.0. The molecule has 0 radical (unpaired) electrons. The number of H-pyrrole nitrogens is 1. The van der Waals surface area contributed by atoms with E-state index >= 15 is 0 Å². The van der Waals surface area contributed by atoms with Crippen LogP contribution in [0.3, 0.4) is 0 Å². The number of aromatic amines is 1. The zero-order valence-electron chi connectivity index (χ0n) is 11.2. The summed E-state index contributed by atoms with van der Waals surface area (Å²) in [6, 6.07) is 5.17. The van der Waals surface area contributed by atoms with E-state index in [4.69, 9.17) is 4.55 Å². The van der Waals surface area contributed by atoms with E-state index in [0.29, 0.717) is 13.0 Å². The van der Waals surface area contributed by atoms with Crippen LogP contribution in [0.5, 0.6) is 5.75 Å². The largest absolute Gasteiger partial charge is 0.508 e. The van der Waals surface area contributed by atoms with E-state index in [1.807, 2.05) is 13.0 Å². The second kappa shape index (κ2) is 5.82. The molecule has 1 aromatic carbocycles. The van der Waals surface area contributed by atoms with Gasteiger partial charge in [-0.25, -0.2) is 0 Å². The summed E-state index contributed by atoms with van der Waals surface area (Å²) in [6.07, 6.45) is 0.709. The molecule has 0 spiro atoms. The number of rotatable bonds is 6. The molecule has 0 unspecified atom stereocenters. The molecular formula is C13H18N2O4S. The van der Waals surface area contributed by atoms with Crippen molar-refractivity contribution < 1.29 is 18.1 Å². The minimum atomic E-state index is -3.91. The number of aromatic hydroxyl groups is 1. The van der Waals surface area contributed by atoms with Crippen molar-refractivity contribution in [3.05, 3.63) is 29.5 Å². The van der Waals surface area contributed by atoms with Gasteiger partial charge in [-0.2, -0.15) is 8.42 Å². The Hall–Kier alpha value is -1.57. The second-order valence-electron chi connectivity index (χ2n) is 4.74. The first kappa shape index (κ1) is 14.8. The number of hydrogen-bond donors (Lipinski definition) is 4. The van der Waals surface area contributed by atoms with E-state index < -0.39 is 10.1 Å². The van der Waals surface area contributed by atoms with Crippen LogP contribution >= 0.6 is 0 Å². The Bertz CT molecular complexity index is 706. The Balaban J connectivity index is 1.99. The van der Waals surface area contributed by atoms with Crippen LogP contribution < -0.4 is 5.32 Å². The van der Waals surface area contributed by atoms with Gasteiger partial charge in [0.05, 0.1) is 5.75 Å². The third-order valence-electron chi connectivity index (χ3n) is 3.19. The number of phenolic OH excluding ortho intramolecular Hbond substituents is 1. The summed E-state index contributed by atoms with van der Waals surface area (Å²) < 4.78 is 29.8. The van der Waals surface area contributed by atoms with Gasteiger partial charge in [0, 0.05) is 23.1 Å². The molecule has 0 aliphatic heterocycles. The molecule has 2 aromatic rings. The predicted octanol–water partition coefficient (Wildman–Crippen LogP) is 1.20. The number of phenols is 1. The molecule has 0 amide bonds. The van der Waals surface area contributed by atoms with Crippen molar-refractivity contribution in [2.75, 3.05) is 18.8 Å². The molecular weight excluding hydrogens is 280 g/mol. The van der Waals surface area contributed by atoms with Gasteiger partial charge in [0.15, 0.2) is 0 Å². The van der Waals surface area contributed by atoms with Gasteiger partial charge < -0.3 is 15.4 Å². The first-order chi connectivity index (χ1) is 9.37. The lowest BCUT2D eigenvalue weighted by Gasteiger charge is -2.04. The molecule has 1 aromatic heterocycles. The Kier molecular flexibility index (Phi) is 4.32. The van der Waals surface area contributed by atoms with Crippen LogP contribution in [0.4, 0.5) is 0 Å². The van der Waals surface area contributed by atoms with Gasteiger partial charge in [-0.05, 0) is 43.7 Å². The van der Waals surface area contributed by atoms with E-state index in [0.717, 1.165) is 22.2 Å². The fourth-order valence-electron chi connectivity index (χ4n) is 2.23. The monoisotopic (exact) mass is 298 g/mol. The van der Waals surface area contributed by atoms with Crippen molar-refractivity contribution in [1.29, 1.82) is 0 Å². The minimum absolute atomic E-state index is 0.214. The maximum absolute atomic E-state index is 10.6. The topological polar surface area (TPSA) is 102 Å². The van der Waals surface area contributed by atoms with Crippen LogP contribution in [0.2, 0.25) is 0 Å². The molecule has 0 saturated heterocycles. The van der Waals surface area contributed by atoms with E-state index in [1.54, 1.807) is 12.1 Å². The fraction of sp³-hybridized carbons (Fsp3) is 0.385. The number of nitrogens with one attached hydrogen (secondary N) is 2. The highest BCUT2D eigenvalue weighted by Crippen LogP contribution is 2.25. The Morgan fingerprint density at radius 2 is 2.05 bits per heavy atom. The fourth-order valence-corrected chi connectivity index (χ4v) is 2.63. The number of aryl methyl sites for hydroxylation is 1. The van der Waals surface area contributed by atoms with Gasteiger partial charge in [0.25, 0.3) is 10.1 Å². The summed E-state index contributed by atoms with van der Waals surface area (Å²) >= 11 is 0. The first-order valence-corrected chi connectivity index (χ1v) is 7.94. The molecule has 6 nitrogen and oxygen atoms in total. The molecule has 0 atom stereocenters. The molecule has 4 N–H and O–H groups in total. The highest BCUT2D eigenvalue weighted by molar-refractivity contribution is 7.85. The van der Waals surface area contributed by atoms with E-state index in [9.17, 15) is 13.5 Å². The van der Waals surface area contributed by atoms with Crippen LogP contribution in [-0.4, -0.2) is 41.9 Å². The van der Waals surface area contributed by atoms with Crippen LogP contribution in [0, 0.1) is 6.92 Å². The van der Waals surface area contributed by atoms with Crippen LogP contribution in [0.1, 0.15) is 11.3 Å². The molecule has 20 heavy (non-hydrogen) atoms. The highest BCUT2D eigenvalue weighted by Gasteiger charge is 2.09. The van der Waals surface area contributed by atoms with Crippen LogP contribution in [0.15, 0.2) is 18.2 Å². The maximum Gasteiger partial charge on any atom is 0.266 e. The van der Waals surface area contributed by atoms with Gasteiger partial charge in [0.1, 0.15) is 5.75 Å². The van der Waals surface area contributed by atoms with Crippen LogP contribution in [0.25, 0.3) is 10.9 Å². The summed E-state index contributed by atoms with van der Waals surface area (Å²) in [6.45, 7) is 2.77. The smallest absolute Gasteiger partial charge is 0.266 e. The van der Waals surface area contributed by atoms with Gasteiger partial charge in [-0.3, -0.25) is 4.55 Å². The van der Waals surface area contributed by atoms with Gasteiger partial charge >= 0.3 is 0 Å². The molecule has 0 aliphatic carbocycles. The van der Waals surface area contributed by atoms with Crippen molar-refractivity contribution in [2.24, 2.45) is 0 Å². The number of benzene rings is 1. The average molecular weight is 298 g/mol. The van der Waals surface area contributed by atoms with E-state index in [2.05, 4.69) is 10.3 Å². The van der Waals surface area contributed by atoms with Crippen molar-refractivity contribution in [1.82, 2.24) is 10.3 Å². The number of hydrogen-bond acceptors (Lipinski definition) is 4. The molecule has 110 valence electrons. The zero-order chi connectivity index (χ0) is 14.8. The summed E-state index contributed by atoms with van der Waals surface area (Å²) in [5.74, 6) is -0.0715. The lowest BCUT2D eigenvalue weighted by Crippen LogP contribution is -2.24. The van der Waals surface area contributed by atoms with Crippen molar-refractivity contribution in [2.45, 2.75) is 13.3 Å². The molecule has 0 aliphatic rings. The second-order valence-corrected chi connectivity index (χ2v) is 6.32. The van der Waals surface area contributed by atoms with Gasteiger partial charge in [-0.15, -0.1) is 0 Å². The summed E-state index contributed by atoms with van der Waals surface area (Å²) in [7, 11) is -3.91. The Morgan fingerprint density at radius 1 is 1.30 bits per heavy atom. The highest BCUT2D eigenvalue weighted by atomic mass is 32.2. The lowest BCUT2D eigenvalue weighted by molar-refractivity contribution is 0.476. The molecule has 2 rings (SSSR count). The molecule has 1 heterocycles. The van der Waals surface area contributed by atoms with Crippen LogP contribution in [-0.2, 0) is 16.5 Å². The van der Waals surface area contributed by atoms with Gasteiger partial charge in [0.2, 0.25) is 0 Å². The van der Waals surface area contributed by atoms with E-state index in [1.165, 1.54) is 0 Å². The third kappa shape index (κ3) is 3.72. The predicted molar refractivity (Wildman–Crippen MR) is 77.7 cm³/mol. The molecule has 0 fully saturated rings. The quantitative estimate of drug-likeness (QED) is 0.474. The number of fused-ring (bicyclic) bond motifs is 1. The Labute approximate surface area is 117 Å². The maximum atomic E-state index is 10.6. The van der Waals surface area contributed by atoms with Crippen molar-refractivity contribution >= 4 is 21.0 Å². The first-order valence-electron chi connectivity index (χ1n) is 6.33. The van der Waals surface area contributed by atoms with Crippen molar-refractivity contribution in [3.8, 4) is 5.75 Å². The number of aromatic nitrogens is 1. The minimum Gasteiger partial charge on any atom is -0.508 e. The normalized spacial score (nSPS) is 12.1. The molecule has 0 bridgehead atoms. The summed E-state index contributed by atoms with van der Waals surface area (Å²) in [5, 5.41) is 13.5. The summed E-state index contributed by atoms with van der Waals surface area (Å²) in [4.78, 5) is 3.24. The van der Waals surface area contributed by atoms with E-state index in [-0.39, 0.29) is 18.0 Å². The summed E-state index contributed by atoms with van der Waals surface area (Å²) in [5.41, 5.74) is 3.09. The van der Waals surface area contributed by atoms with Crippen molar-refractivity contribution in [3.63, 3.8) is 0 Å². The molecule has 0 saturated carbocycles. The standard InChI is InChI=1S/C13H18N2O4S/c1-9-11(4-5-14-6-7-20(17,18)19)12-8-10(16)2-3-13(12)15-9/h2-3,8,14-16H,4-7H2,1H3,(H,17,18,19). The SMILES string of the molecule is Cc1[nH]c2ccc(O)cc2c1CCNCCS(=O)(=O)O. The lowest BCUT2D eigenvalue weighted by atomic mass is 10.1. The third-order valence-corrected chi connectivity index (χ3v) is 3.91. The average Bonchev–Trinajstić information content (AvgIpc) is 2.64.